The van der Waals surface area contributed by atoms with Crippen LogP contribution < -0.4 is 10.1 Å². The minimum absolute atomic E-state index is 0.117. The van der Waals surface area contributed by atoms with Crippen molar-refractivity contribution in [2.24, 2.45) is 0 Å². The van der Waals surface area contributed by atoms with Crippen molar-refractivity contribution in [2.75, 3.05) is 25.0 Å². The van der Waals surface area contributed by atoms with Gasteiger partial charge in [-0.2, -0.15) is 0 Å². The molecule has 26 heavy (non-hydrogen) atoms. The van der Waals surface area contributed by atoms with Gasteiger partial charge in [-0.1, -0.05) is 6.07 Å². The number of rotatable bonds is 7. The van der Waals surface area contributed by atoms with E-state index in [1.807, 2.05) is 13.8 Å². The maximum absolute atomic E-state index is 13.2. The maximum atomic E-state index is 13.2. The molecule has 0 bridgehead atoms. The van der Waals surface area contributed by atoms with Gasteiger partial charge in [0.15, 0.2) is 6.61 Å². The van der Waals surface area contributed by atoms with Crippen molar-refractivity contribution in [3.8, 4) is 5.75 Å². The van der Waals surface area contributed by atoms with Gasteiger partial charge in [0.05, 0.1) is 0 Å². The lowest BCUT2D eigenvalue weighted by molar-refractivity contribution is -0.132. The van der Waals surface area contributed by atoms with E-state index >= 15 is 0 Å². The molecule has 2 aromatic carbocycles. The zero-order chi connectivity index (χ0) is 19.1. The van der Waals surface area contributed by atoms with Crippen LogP contribution in [0.2, 0.25) is 0 Å². The summed E-state index contributed by atoms with van der Waals surface area (Å²) in [5.74, 6) is -2.06. The molecule has 0 aromatic heterocycles. The third-order valence-corrected chi connectivity index (χ3v) is 3.70. The Labute approximate surface area is 150 Å². The Kier molecular flexibility index (Phi) is 6.66. The molecule has 2 amide bonds. The molecule has 0 saturated heterocycles. The molecule has 0 aliphatic carbocycles. The van der Waals surface area contributed by atoms with E-state index in [2.05, 4.69) is 5.32 Å². The van der Waals surface area contributed by atoms with Crippen LogP contribution in [-0.4, -0.2) is 36.4 Å². The molecule has 1 N–H and O–H groups in total. The van der Waals surface area contributed by atoms with E-state index in [1.54, 1.807) is 23.1 Å². The van der Waals surface area contributed by atoms with Crippen molar-refractivity contribution in [2.45, 2.75) is 13.8 Å². The van der Waals surface area contributed by atoms with E-state index in [1.165, 1.54) is 6.07 Å². The highest BCUT2D eigenvalue weighted by atomic mass is 19.1. The fraction of sp³-hybridized carbons (Fsp3) is 0.263. The summed E-state index contributed by atoms with van der Waals surface area (Å²) in [6.45, 7) is 4.84. The second kappa shape index (κ2) is 8.94. The van der Waals surface area contributed by atoms with Crippen LogP contribution >= 0.6 is 0 Å². The summed E-state index contributed by atoms with van der Waals surface area (Å²) < 4.78 is 31.9. The van der Waals surface area contributed by atoms with Gasteiger partial charge in [-0.05, 0) is 38.1 Å². The number of anilines is 1. The summed E-state index contributed by atoms with van der Waals surface area (Å²) in [6.07, 6.45) is 0. The van der Waals surface area contributed by atoms with Crippen LogP contribution in [0.25, 0.3) is 0 Å². The van der Waals surface area contributed by atoms with Crippen LogP contribution in [0.15, 0.2) is 42.5 Å². The Hall–Kier alpha value is -2.96. The molecule has 0 spiro atoms. The van der Waals surface area contributed by atoms with Gasteiger partial charge < -0.3 is 15.0 Å². The predicted octanol–water partition coefficient (Wildman–Crippen LogP) is 3.46. The smallest absolute Gasteiger partial charge is 0.260 e. The third-order valence-electron chi connectivity index (χ3n) is 3.70. The first-order chi connectivity index (χ1) is 12.4. The van der Waals surface area contributed by atoms with Crippen LogP contribution in [0.1, 0.15) is 24.2 Å². The molecule has 0 unspecified atom stereocenters. The maximum Gasteiger partial charge on any atom is 0.260 e. The zero-order valence-electron chi connectivity index (χ0n) is 14.6. The lowest BCUT2D eigenvalue weighted by Gasteiger charge is -2.18. The molecule has 0 aliphatic heterocycles. The van der Waals surface area contributed by atoms with Crippen LogP contribution in [-0.2, 0) is 4.79 Å². The minimum atomic E-state index is -0.831. The van der Waals surface area contributed by atoms with Gasteiger partial charge >= 0.3 is 0 Å². The number of carbonyl (C=O) groups excluding carboxylic acids is 2. The van der Waals surface area contributed by atoms with Gasteiger partial charge in [0, 0.05) is 36.5 Å². The van der Waals surface area contributed by atoms with Crippen LogP contribution in [0.3, 0.4) is 0 Å². The fourth-order valence-corrected chi connectivity index (χ4v) is 2.36. The molecule has 0 saturated carbocycles. The molecule has 2 rings (SSSR count). The molecule has 5 nitrogen and oxygen atoms in total. The Morgan fingerprint density at radius 3 is 2.31 bits per heavy atom. The number of hydrogen-bond donors (Lipinski definition) is 1. The van der Waals surface area contributed by atoms with E-state index in [-0.39, 0.29) is 18.1 Å². The Morgan fingerprint density at radius 2 is 1.69 bits per heavy atom. The first kappa shape index (κ1) is 19.4. The fourth-order valence-electron chi connectivity index (χ4n) is 2.36. The predicted molar refractivity (Wildman–Crippen MR) is 94.2 cm³/mol. The number of halogens is 2. The average Bonchev–Trinajstić information content (AvgIpc) is 2.60. The van der Waals surface area contributed by atoms with Gasteiger partial charge in [0.1, 0.15) is 17.4 Å². The standard InChI is InChI=1S/C19H20F2N2O3/c1-3-23(4-2)18(24)12-26-17-7-5-6-16(11-17)22-19(25)13-8-14(20)10-15(21)9-13/h5-11H,3-4,12H2,1-2H3,(H,22,25). The summed E-state index contributed by atoms with van der Waals surface area (Å²) >= 11 is 0. The van der Waals surface area contributed by atoms with Gasteiger partial charge in [0.25, 0.3) is 11.8 Å². The van der Waals surface area contributed by atoms with Gasteiger partial charge in [-0.25, -0.2) is 8.78 Å². The van der Waals surface area contributed by atoms with E-state index in [0.29, 0.717) is 30.6 Å². The molecular formula is C19H20F2N2O3. The minimum Gasteiger partial charge on any atom is -0.484 e. The normalized spacial score (nSPS) is 10.3. The lowest BCUT2D eigenvalue weighted by Crippen LogP contribution is -2.34. The van der Waals surface area contributed by atoms with Gasteiger partial charge in [-0.3, -0.25) is 9.59 Å². The number of carbonyl (C=O) groups is 2. The number of benzene rings is 2. The second-order valence-electron chi connectivity index (χ2n) is 5.49. The molecule has 0 fully saturated rings. The molecule has 7 heteroatoms. The molecule has 2 aromatic rings. The Morgan fingerprint density at radius 1 is 1.04 bits per heavy atom. The van der Waals surface area contributed by atoms with Gasteiger partial charge in [0.2, 0.25) is 0 Å². The first-order valence-corrected chi connectivity index (χ1v) is 8.21. The zero-order valence-corrected chi connectivity index (χ0v) is 14.6. The molecule has 0 aliphatic rings. The van der Waals surface area contributed by atoms with Crippen molar-refractivity contribution in [1.82, 2.24) is 4.90 Å². The molecule has 0 atom stereocenters. The largest absolute Gasteiger partial charge is 0.484 e. The van der Waals surface area contributed by atoms with Gasteiger partial charge in [-0.15, -0.1) is 0 Å². The molecule has 0 heterocycles. The Bertz CT molecular complexity index is 772. The molecule has 0 radical (unpaired) electrons. The van der Waals surface area contributed by atoms with Crippen molar-refractivity contribution < 1.29 is 23.1 Å². The summed E-state index contributed by atoms with van der Waals surface area (Å²) in [5.41, 5.74) is 0.248. The van der Waals surface area contributed by atoms with E-state index < -0.39 is 17.5 Å². The second-order valence-corrected chi connectivity index (χ2v) is 5.49. The quantitative estimate of drug-likeness (QED) is 0.821. The van der Waals surface area contributed by atoms with Crippen molar-refractivity contribution in [3.63, 3.8) is 0 Å². The number of ether oxygens (including phenoxy) is 1. The third kappa shape index (κ3) is 5.27. The number of hydrogen-bond acceptors (Lipinski definition) is 3. The van der Waals surface area contributed by atoms with E-state index in [0.717, 1.165) is 12.1 Å². The average molecular weight is 362 g/mol. The van der Waals surface area contributed by atoms with Crippen molar-refractivity contribution in [1.29, 1.82) is 0 Å². The number of likely N-dealkylation sites (N-methyl/N-ethyl adjacent to an activating group) is 1. The summed E-state index contributed by atoms with van der Waals surface area (Å²) in [5, 5.41) is 2.54. The van der Waals surface area contributed by atoms with Crippen LogP contribution in [0, 0.1) is 11.6 Å². The van der Waals surface area contributed by atoms with E-state index in [9.17, 15) is 18.4 Å². The molecular weight excluding hydrogens is 342 g/mol. The highest BCUT2D eigenvalue weighted by Gasteiger charge is 2.12. The summed E-state index contributed by atoms with van der Waals surface area (Å²) in [4.78, 5) is 25.7. The lowest BCUT2D eigenvalue weighted by atomic mass is 10.2. The van der Waals surface area contributed by atoms with Crippen molar-refractivity contribution >= 4 is 17.5 Å². The monoisotopic (exact) mass is 362 g/mol. The SMILES string of the molecule is CCN(CC)C(=O)COc1cccc(NC(=O)c2cc(F)cc(F)c2)c1. The van der Waals surface area contributed by atoms with Crippen LogP contribution in [0.4, 0.5) is 14.5 Å². The Balaban J connectivity index is 2.02. The topological polar surface area (TPSA) is 58.6 Å². The first-order valence-electron chi connectivity index (χ1n) is 8.21. The van der Waals surface area contributed by atoms with Crippen molar-refractivity contribution in [3.05, 3.63) is 59.7 Å². The number of nitrogens with one attached hydrogen (secondary N) is 1. The van der Waals surface area contributed by atoms with E-state index in [4.69, 9.17) is 4.74 Å². The summed E-state index contributed by atoms with van der Waals surface area (Å²) in [7, 11) is 0. The summed E-state index contributed by atoms with van der Waals surface area (Å²) in [6, 6.07) is 9.00. The number of nitrogens with zero attached hydrogens (tertiary/aromatic N) is 1. The highest BCUT2D eigenvalue weighted by Crippen LogP contribution is 2.19. The van der Waals surface area contributed by atoms with Crippen LogP contribution in [0.5, 0.6) is 5.75 Å². The molecule has 138 valence electrons. The highest BCUT2D eigenvalue weighted by molar-refractivity contribution is 6.04. The number of amides is 2.